The third kappa shape index (κ3) is 6.28. The first kappa shape index (κ1) is 30.4. The number of aromatic nitrogens is 4. The van der Waals surface area contributed by atoms with Gasteiger partial charge in [-0.15, -0.1) is 11.3 Å². The van der Waals surface area contributed by atoms with Crippen LogP contribution in [0.25, 0.3) is 16.3 Å². The van der Waals surface area contributed by atoms with E-state index in [0.29, 0.717) is 34.8 Å². The van der Waals surface area contributed by atoms with Crippen molar-refractivity contribution in [2.45, 2.75) is 84.8 Å². The first-order chi connectivity index (χ1) is 20.9. The average molecular weight is 618 g/mol. The maximum atomic E-state index is 14.3. The first-order valence-electron chi connectivity index (χ1n) is 15.3. The van der Waals surface area contributed by atoms with Crippen molar-refractivity contribution in [2.24, 2.45) is 5.41 Å². The Morgan fingerprint density at radius 1 is 1.16 bits per heavy atom. The summed E-state index contributed by atoms with van der Waals surface area (Å²) in [6.07, 6.45) is 10.4. The second kappa shape index (κ2) is 11.7. The zero-order valence-corrected chi connectivity index (χ0v) is 26.9. The lowest BCUT2D eigenvalue weighted by atomic mass is 9.77. The molecular formula is C34H40FN5O3S. The van der Waals surface area contributed by atoms with Crippen LogP contribution in [-0.2, 0) is 22.4 Å². The molecule has 7 rings (SSSR count). The number of piperidine rings is 1. The monoisotopic (exact) mass is 617 g/mol. The number of carboxylic acids is 1. The Labute approximate surface area is 261 Å². The zero-order chi connectivity index (χ0) is 31.2. The molecule has 10 heteroatoms. The van der Waals surface area contributed by atoms with Crippen LogP contribution in [0, 0.1) is 18.2 Å². The Balaban J connectivity index is 1.51. The second-order valence-corrected chi connectivity index (χ2v) is 14.5. The van der Waals surface area contributed by atoms with Gasteiger partial charge in [-0.25, -0.2) is 19.2 Å². The Morgan fingerprint density at radius 3 is 2.66 bits per heavy atom. The molecule has 0 saturated carbocycles. The molecule has 1 aromatic carbocycles. The fourth-order valence-electron chi connectivity index (χ4n) is 6.30. The van der Waals surface area contributed by atoms with Crippen LogP contribution in [0.4, 0.5) is 10.2 Å². The van der Waals surface area contributed by atoms with Crippen LogP contribution in [0.1, 0.15) is 86.7 Å². The highest BCUT2D eigenvalue weighted by molar-refractivity contribution is 7.15. The number of aliphatic carboxylic acids is 1. The highest BCUT2D eigenvalue weighted by atomic mass is 32.1. The predicted octanol–water partition coefficient (Wildman–Crippen LogP) is 7.33. The zero-order valence-electron chi connectivity index (χ0n) is 26.1. The van der Waals surface area contributed by atoms with Crippen LogP contribution in [0.2, 0.25) is 0 Å². The number of thiazole rings is 1. The summed E-state index contributed by atoms with van der Waals surface area (Å²) >= 11 is 1.53. The van der Waals surface area contributed by atoms with E-state index < -0.39 is 17.7 Å². The maximum absolute atomic E-state index is 14.3. The number of halogens is 1. The van der Waals surface area contributed by atoms with E-state index in [9.17, 15) is 14.3 Å². The maximum Gasteiger partial charge on any atom is 0.337 e. The molecule has 1 atom stereocenters. The van der Waals surface area contributed by atoms with Crippen molar-refractivity contribution in [3.8, 4) is 10.7 Å². The number of fused-ring (bicyclic) bond motifs is 5. The quantitative estimate of drug-likeness (QED) is 0.241. The topological polar surface area (TPSA) is 92.8 Å². The highest BCUT2D eigenvalue weighted by Crippen LogP contribution is 2.41. The molecular weight excluding hydrogens is 577 g/mol. The summed E-state index contributed by atoms with van der Waals surface area (Å²) in [7, 11) is 0. The van der Waals surface area contributed by atoms with Gasteiger partial charge in [0.25, 0.3) is 0 Å². The number of hydrogen-bond donors (Lipinski definition) is 1. The highest BCUT2D eigenvalue weighted by Gasteiger charge is 2.37. The summed E-state index contributed by atoms with van der Waals surface area (Å²) in [5.74, 6) is -0.579. The van der Waals surface area contributed by atoms with Crippen LogP contribution in [0.3, 0.4) is 0 Å². The molecule has 1 fully saturated rings. The van der Waals surface area contributed by atoms with Crippen molar-refractivity contribution >= 4 is 28.8 Å². The van der Waals surface area contributed by atoms with Crippen molar-refractivity contribution in [1.29, 1.82) is 0 Å². The number of rotatable bonds is 3. The third-order valence-electron chi connectivity index (χ3n) is 8.70. The molecule has 6 bridgehead atoms. The SMILES string of the molecule is Cc1nc2cc3nn2c(c1[C@H](OC(C)(C)C)C(=O)O)N1CCC(C)(C/C=C/CCc2ccc(F)cc2Cc2cnc-3s2)CC1. The Bertz CT molecular complexity index is 1730. The molecule has 232 valence electrons. The summed E-state index contributed by atoms with van der Waals surface area (Å²) in [5, 5.41) is 16.1. The van der Waals surface area contributed by atoms with E-state index in [1.54, 1.807) is 16.6 Å². The van der Waals surface area contributed by atoms with E-state index in [1.165, 1.54) is 11.3 Å². The number of anilines is 1. The largest absolute Gasteiger partial charge is 0.479 e. The Kier molecular flexibility index (Phi) is 8.09. The van der Waals surface area contributed by atoms with E-state index in [4.69, 9.17) is 19.8 Å². The van der Waals surface area contributed by atoms with Crippen molar-refractivity contribution in [3.05, 3.63) is 75.7 Å². The molecule has 3 aromatic heterocycles. The van der Waals surface area contributed by atoms with E-state index in [1.807, 2.05) is 46.0 Å². The number of carboxylic acid groups (broad SMARTS) is 1. The minimum Gasteiger partial charge on any atom is -0.479 e. The Hall–Kier alpha value is -3.63. The van der Waals surface area contributed by atoms with Gasteiger partial charge in [-0.05, 0) is 88.5 Å². The molecule has 0 aliphatic carbocycles. The predicted molar refractivity (Wildman–Crippen MR) is 171 cm³/mol. The fourth-order valence-corrected chi connectivity index (χ4v) is 7.19. The summed E-state index contributed by atoms with van der Waals surface area (Å²) in [6.45, 7) is 11.3. The van der Waals surface area contributed by atoms with Gasteiger partial charge in [-0.2, -0.15) is 9.61 Å². The molecule has 3 aliphatic heterocycles. The van der Waals surface area contributed by atoms with Crippen LogP contribution in [0.5, 0.6) is 0 Å². The summed E-state index contributed by atoms with van der Waals surface area (Å²) < 4.78 is 22.2. The van der Waals surface area contributed by atoms with E-state index in [-0.39, 0.29) is 11.2 Å². The van der Waals surface area contributed by atoms with Crippen LogP contribution in [0.15, 0.2) is 42.6 Å². The second-order valence-electron chi connectivity index (χ2n) is 13.4. The normalized spacial score (nSPS) is 18.5. The van der Waals surface area contributed by atoms with Crippen LogP contribution in [-0.4, -0.2) is 49.3 Å². The first-order valence-corrected chi connectivity index (χ1v) is 16.1. The van der Waals surface area contributed by atoms with Gasteiger partial charge in [0.2, 0.25) is 0 Å². The van der Waals surface area contributed by atoms with Gasteiger partial charge < -0.3 is 14.7 Å². The lowest BCUT2D eigenvalue weighted by molar-refractivity contribution is -0.160. The van der Waals surface area contributed by atoms with Crippen molar-refractivity contribution < 1.29 is 19.0 Å². The van der Waals surface area contributed by atoms with Crippen LogP contribution < -0.4 is 4.90 Å². The van der Waals surface area contributed by atoms with Crippen LogP contribution >= 0.6 is 11.3 Å². The van der Waals surface area contributed by atoms with Crippen molar-refractivity contribution in [1.82, 2.24) is 19.6 Å². The number of hydrogen-bond acceptors (Lipinski definition) is 7. The average Bonchev–Trinajstić information content (AvgIpc) is 3.58. The standard InChI is InChI=1S/C34H40FN5O3S/c1-21-28(29(32(41)42)43-33(2,3)4)31-39-15-13-34(5,14-16-39)12-8-6-7-9-22-10-11-24(35)17-23(22)18-25-20-36-30(44-25)26-19-27(37-21)40(31)38-26/h6,8,10-11,17,19-20,29H,7,9,12-16,18H2,1-5H3,(H,41,42)/b8-6+/t29-/m0/s1. The van der Waals surface area contributed by atoms with Gasteiger partial charge in [-0.3, -0.25) is 0 Å². The number of nitrogens with zero attached hydrogens (tertiary/aromatic N) is 5. The van der Waals surface area contributed by atoms with E-state index in [0.717, 1.165) is 66.2 Å². The summed E-state index contributed by atoms with van der Waals surface area (Å²) in [6, 6.07) is 7.00. The van der Waals surface area contributed by atoms with Gasteiger partial charge in [-0.1, -0.05) is 25.1 Å². The van der Waals surface area contributed by atoms with Crippen molar-refractivity contribution in [3.63, 3.8) is 0 Å². The number of ether oxygens (including phenoxy) is 1. The van der Waals surface area contributed by atoms with Gasteiger partial charge >= 0.3 is 5.97 Å². The molecule has 0 amide bonds. The summed E-state index contributed by atoms with van der Waals surface area (Å²) in [4.78, 5) is 25.5. The molecule has 1 saturated heterocycles. The molecule has 0 unspecified atom stereocenters. The van der Waals surface area contributed by atoms with Crippen molar-refractivity contribution in [2.75, 3.05) is 18.0 Å². The van der Waals surface area contributed by atoms with Gasteiger partial charge in [0, 0.05) is 42.3 Å². The molecule has 0 spiro atoms. The summed E-state index contributed by atoms with van der Waals surface area (Å²) in [5.41, 5.74) is 3.99. The smallest absolute Gasteiger partial charge is 0.337 e. The molecule has 8 nitrogen and oxygen atoms in total. The van der Waals surface area contributed by atoms with Gasteiger partial charge in [0.1, 0.15) is 22.3 Å². The van der Waals surface area contributed by atoms with Gasteiger partial charge in [0.15, 0.2) is 11.8 Å². The van der Waals surface area contributed by atoms with E-state index in [2.05, 4.69) is 24.0 Å². The molecule has 6 heterocycles. The third-order valence-corrected chi connectivity index (χ3v) is 9.72. The number of carbonyl (C=O) groups is 1. The lowest BCUT2D eigenvalue weighted by Gasteiger charge is -2.41. The van der Waals surface area contributed by atoms with E-state index >= 15 is 0 Å². The molecule has 44 heavy (non-hydrogen) atoms. The number of allylic oxidation sites excluding steroid dienone is 2. The number of benzene rings is 1. The lowest BCUT2D eigenvalue weighted by Crippen LogP contribution is -2.41. The molecule has 1 N–H and O–H groups in total. The van der Waals surface area contributed by atoms with Gasteiger partial charge in [0.05, 0.1) is 11.2 Å². The molecule has 0 radical (unpaired) electrons. The molecule has 4 aromatic rings. The molecule has 3 aliphatic rings. The fraction of sp³-hybridized carbons (Fsp3) is 0.471. The Morgan fingerprint density at radius 2 is 1.93 bits per heavy atom. The number of aryl methyl sites for hydroxylation is 2. The minimum atomic E-state index is -1.21. The minimum absolute atomic E-state index is 0.124.